The van der Waals surface area contributed by atoms with Gasteiger partial charge in [0.2, 0.25) is 5.82 Å². The average Bonchev–Trinajstić information content (AvgIpc) is 2.89. The van der Waals surface area contributed by atoms with Crippen molar-refractivity contribution < 1.29 is 26.7 Å². The Kier molecular flexibility index (Phi) is 8.52. The fraction of sp³-hybridized carbons (Fsp3) is 0.440. The minimum atomic E-state index is -4.73. The molecule has 0 aliphatic carbocycles. The number of carbonyl (C=O) groups is 1. The number of hydrogen-bond acceptors (Lipinski definition) is 7. The van der Waals surface area contributed by atoms with Crippen LogP contribution >= 0.6 is 11.6 Å². The van der Waals surface area contributed by atoms with E-state index in [0.717, 1.165) is 12.4 Å². The fourth-order valence-electron chi connectivity index (χ4n) is 4.47. The monoisotopic (exact) mass is 571 g/mol. The molecule has 1 atom stereocenters. The third-order valence-corrected chi connectivity index (χ3v) is 6.94. The number of likely N-dealkylation sites (tertiary alicyclic amines) is 1. The van der Waals surface area contributed by atoms with Crippen molar-refractivity contribution in [1.82, 2.24) is 25.2 Å². The molecular weight excluding hydrogens is 545 g/mol. The van der Waals surface area contributed by atoms with E-state index in [1.165, 1.54) is 0 Å². The molecule has 1 amide bonds. The molecule has 0 spiro atoms. The summed E-state index contributed by atoms with van der Waals surface area (Å²) in [5.74, 6) is -4.03. The van der Waals surface area contributed by atoms with Crippen molar-refractivity contribution in [2.45, 2.75) is 31.0 Å². The van der Waals surface area contributed by atoms with E-state index in [9.17, 15) is 26.7 Å². The number of fused-ring (bicyclic) bond motifs is 1. The lowest BCUT2D eigenvalue weighted by Gasteiger charge is -2.37. The standard InChI is InChI=1S/C25H27ClF5N7O/c1-37(11-8-32)20-5-2-16-18(36-20)4-3-17(26)21(16)22(39)33-14-19(38-9-6-24(27,28)7-10-38)15-12-34-23(35-13-15)25(29,30)31/h2-5,12-13,19H,6-11,14,32H2,1H3,(H,33,39). The van der Waals surface area contributed by atoms with Crippen molar-refractivity contribution in [3.63, 3.8) is 0 Å². The number of carbonyl (C=O) groups excluding carboxylic acids is 1. The maximum Gasteiger partial charge on any atom is 0.451 e. The van der Waals surface area contributed by atoms with Crippen molar-refractivity contribution in [3.05, 3.63) is 58.6 Å². The normalized spacial score (nSPS) is 16.7. The average molecular weight is 572 g/mol. The van der Waals surface area contributed by atoms with Crippen molar-refractivity contribution in [3.8, 4) is 0 Å². The largest absolute Gasteiger partial charge is 0.451 e. The molecule has 1 aliphatic heterocycles. The lowest BCUT2D eigenvalue weighted by atomic mass is 10.0. The molecule has 0 saturated carbocycles. The Bertz CT molecular complexity index is 1310. The van der Waals surface area contributed by atoms with Crippen LogP contribution in [-0.2, 0) is 6.18 Å². The molecule has 8 nitrogen and oxygen atoms in total. The van der Waals surface area contributed by atoms with Crippen LogP contribution in [0, 0.1) is 0 Å². The van der Waals surface area contributed by atoms with Crippen LogP contribution in [0.25, 0.3) is 10.9 Å². The number of alkyl halides is 5. The van der Waals surface area contributed by atoms with E-state index < -0.39 is 42.7 Å². The minimum Gasteiger partial charge on any atom is -0.358 e. The van der Waals surface area contributed by atoms with Gasteiger partial charge in [0, 0.05) is 76.0 Å². The van der Waals surface area contributed by atoms with E-state index in [2.05, 4.69) is 20.3 Å². The zero-order valence-electron chi connectivity index (χ0n) is 21.0. The van der Waals surface area contributed by atoms with E-state index in [0.29, 0.717) is 29.8 Å². The van der Waals surface area contributed by atoms with Gasteiger partial charge in [-0.1, -0.05) is 11.6 Å². The van der Waals surface area contributed by atoms with E-state index in [4.69, 9.17) is 17.3 Å². The molecule has 4 rings (SSSR count). The molecule has 3 N–H and O–H groups in total. The van der Waals surface area contributed by atoms with Gasteiger partial charge < -0.3 is 16.0 Å². The van der Waals surface area contributed by atoms with Crippen LogP contribution in [0.3, 0.4) is 0 Å². The summed E-state index contributed by atoms with van der Waals surface area (Å²) in [6, 6.07) is 5.95. The van der Waals surface area contributed by atoms with Crippen LogP contribution in [0.2, 0.25) is 5.02 Å². The van der Waals surface area contributed by atoms with Crippen molar-refractivity contribution in [2.24, 2.45) is 5.73 Å². The smallest absolute Gasteiger partial charge is 0.358 e. The SMILES string of the molecule is CN(CCN)c1ccc2c(C(=O)NCC(c3cnc(C(F)(F)F)nc3)N3CCC(F)(F)CC3)c(Cl)ccc2n1. The van der Waals surface area contributed by atoms with E-state index in [1.807, 2.05) is 11.9 Å². The number of piperidine rings is 1. The van der Waals surface area contributed by atoms with Gasteiger partial charge in [-0.25, -0.2) is 23.7 Å². The fourth-order valence-corrected chi connectivity index (χ4v) is 4.72. The summed E-state index contributed by atoms with van der Waals surface area (Å²) in [5, 5.41) is 3.44. The van der Waals surface area contributed by atoms with Crippen LogP contribution in [0.5, 0.6) is 0 Å². The topological polar surface area (TPSA) is 100 Å². The molecule has 1 aliphatic rings. The second-order valence-corrected chi connectivity index (χ2v) is 9.73. The summed E-state index contributed by atoms with van der Waals surface area (Å²) >= 11 is 6.39. The summed E-state index contributed by atoms with van der Waals surface area (Å²) in [7, 11) is 1.84. The molecule has 1 unspecified atom stereocenters. The van der Waals surface area contributed by atoms with Crippen molar-refractivity contribution in [1.29, 1.82) is 0 Å². The number of benzene rings is 1. The summed E-state index contributed by atoms with van der Waals surface area (Å²) < 4.78 is 66.5. The molecular formula is C25H27ClF5N7O. The highest BCUT2D eigenvalue weighted by molar-refractivity contribution is 6.35. The number of nitrogens with one attached hydrogen (secondary N) is 1. The maximum atomic E-state index is 13.8. The van der Waals surface area contributed by atoms with Crippen molar-refractivity contribution >= 4 is 34.2 Å². The molecule has 0 bridgehead atoms. The molecule has 3 heterocycles. The highest BCUT2D eigenvalue weighted by Crippen LogP contribution is 2.33. The number of nitrogens with zero attached hydrogens (tertiary/aromatic N) is 5. The molecule has 0 radical (unpaired) electrons. The van der Waals surface area contributed by atoms with Gasteiger partial charge in [-0.3, -0.25) is 9.69 Å². The Morgan fingerprint density at radius 2 is 1.85 bits per heavy atom. The first-order valence-corrected chi connectivity index (χ1v) is 12.6. The highest BCUT2D eigenvalue weighted by atomic mass is 35.5. The van der Waals surface area contributed by atoms with Gasteiger partial charge in [-0.15, -0.1) is 0 Å². The molecule has 1 saturated heterocycles. The van der Waals surface area contributed by atoms with E-state index in [-0.39, 0.29) is 35.8 Å². The number of nitrogens with two attached hydrogens (primary N) is 1. The first-order valence-electron chi connectivity index (χ1n) is 12.2. The number of rotatable bonds is 8. The van der Waals surface area contributed by atoms with Crippen LogP contribution in [0.1, 0.15) is 40.6 Å². The summed E-state index contributed by atoms with van der Waals surface area (Å²) in [6.07, 6.45) is -3.55. The lowest BCUT2D eigenvalue weighted by molar-refractivity contribution is -0.145. The first-order chi connectivity index (χ1) is 18.4. The third kappa shape index (κ3) is 6.71. The van der Waals surface area contributed by atoms with Crippen LogP contribution in [-0.4, -0.2) is 71.5 Å². The van der Waals surface area contributed by atoms with Gasteiger partial charge in [0.1, 0.15) is 5.82 Å². The third-order valence-electron chi connectivity index (χ3n) is 6.62. The van der Waals surface area contributed by atoms with Gasteiger partial charge in [-0.2, -0.15) is 13.2 Å². The Morgan fingerprint density at radius 3 is 2.46 bits per heavy atom. The van der Waals surface area contributed by atoms with Crippen LogP contribution in [0.4, 0.5) is 27.8 Å². The summed E-state index contributed by atoms with van der Waals surface area (Å²) in [5.41, 5.74) is 6.57. The number of anilines is 1. The van der Waals surface area contributed by atoms with Crippen LogP contribution in [0.15, 0.2) is 36.7 Å². The minimum absolute atomic E-state index is 0.0212. The van der Waals surface area contributed by atoms with Gasteiger partial charge in [0.15, 0.2) is 0 Å². The molecule has 1 aromatic carbocycles. The molecule has 39 heavy (non-hydrogen) atoms. The number of amides is 1. The quantitative estimate of drug-likeness (QED) is 0.389. The number of aromatic nitrogens is 3. The van der Waals surface area contributed by atoms with Gasteiger partial charge in [0.05, 0.1) is 22.1 Å². The number of pyridine rings is 1. The van der Waals surface area contributed by atoms with Gasteiger partial charge in [-0.05, 0) is 24.3 Å². The Hall–Kier alpha value is -3.16. The Morgan fingerprint density at radius 1 is 1.18 bits per heavy atom. The van der Waals surface area contributed by atoms with Gasteiger partial charge >= 0.3 is 6.18 Å². The predicted octanol–water partition coefficient (Wildman–Crippen LogP) is 4.29. The number of hydrogen-bond donors (Lipinski definition) is 2. The molecule has 210 valence electrons. The van der Waals surface area contributed by atoms with Crippen LogP contribution < -0.4 is 16.0 Å². The highest BCUT2D eigenvalue weighted by Gasteiger charge is 2.38. The molecule has 1 fully saturated rings. The summed E-state index contributed by atoms with van der Waals surface area (Å²) in [6.45, 7) is 0.872. The predicted molar refractivity (Wildman–Crippen MR) is 137 cm³/mol. The Balaban J connectivity index is 1.59. The van der Waals surface area contributed by atoms with E-state index in [1.54, 1.807) is 29.2 Å². The van der Waals surface area contributed by atoms with Crippen molar-refractivity contribution in [2.75, 3.05) is 44.7 Å². The lowest BCUT2D eigenvalue weighted by Crippen LogP contribution is -2.45. The Labute approximate surface area is 226 Å². The molecule has 14 heteroatoms. The molecule has 3 aromatic rings. The number of halogens is 6. The van der Waals surface area contributed by atoms with Gasteiger partial charge in [0.25, 0.3) is 11.8 Å². The number of likely N-dealkylation sites (N-methyl/N-ethyl adjacent to an activating group) is 1. The maximum absolute atomic E-state index is 13.8. The van der Waals surface area contributed by atoms with E-state index >= 15 is 0 Å². The zero-order chi connectivity index (χ0) is 28.4. The second-order valence-electron chi connectivity index (χ2n) is 9.32. The zero-order valence-corrected chi connectivity index (χ0v) is 21.7. The second kappa shape index (κ2) is 11.5. The first kappa shape index (κ1) is 28.8. The molecule has 2 aromatic heterocycles. The summed E-state index contributed by atoms with van der Waals surface area (Å²) in [4.78, 5) is 28.3.